The van der Waals surface area contributed by atoms with Gasteiger partial charge in [-0.2, -0.15) is 0 Å². The lowest BCUT2D eigenvalue weighted by molar-refractivity contribution is 0.179. The van der Waals surface area contributed by atoms with Crippen LogP contribution in [0.4, 0.5) is 4.79 Å². The molecule has 0 unspecified atom stereocenters. The minimum atomic E-state index is 0.108. The molecule has 0 radical (unpaired) electrons. The lowest BCUT2D eigenvalue weighted by atomic mass is 9.96. The fourth-order valence-electron chi connectivity index (χ4n) is 3.82. The molecule has 0 saturated heterocycles. The first-order valence-corrected chi connectivity index (χ1v) is 9.36. The highest BCUT2D eigenvalue weighted by Crippen LogP contribution is 2.47. The third kappa shape index (κ3) is 3.56. The van der Waals surface area contributed by atoms with Crippen molar-refractivity contribution in [1.29, 1.82) is 0 Å². The van der Waals surface area contributed by atoms with Gasteiger partial charge in [0, 0.05) is 18.0 Å². The van der Waals surface area contributed by atoms with Crippen molar-refractivity contribution in [3.8, 4) is 0 Å². The number of carbonyl (C=O) groups excluding carboxylic acids is 1. The summed E-state index contributed by atoms with van der Waals surface area (Å²) in [6.45, 7) is 2.88. The molecule has 3 fully saturated rings. The van der Waals surface area contributed by atoms with E-state index < -0.39 is 0 Å². The molecule has 1 heterocycles. The van der Waals surface area contributed by atoms with E-state index >= 15 is 0 Å². The highest BCUT2D eigenvalue weighted by Gasteiger charge is 2.37. The first-order valence-electron chi connectivity index (χ1n) is 9.36. The predicted molar refractivity (Wildman–Crippen MR) is 89.2 cm³/mol. The summed E-state index contributed by atoms with van der Waals surface area (Å²) in [4.78, 5) is 14.7. The van der Waals surface area contributed by atoms with Gasteiger partial charge in [-0.15, -0.1) is 0 Å². The molecule has 0 aliphatic heterocycles. The van der Waals surface area contributed by atoms with Crippen LogP contribution in [0.15, 0.2) is 16.5 Å². The Balaban J connectivity index is 1.37. The zero-order chi connectivity index (χ0) is 15.8. The van der Waals surface area contributed by atoms with E-state index in [9.17, 15) is 4.79 Å². The van der Waals surface area contributed by atoms with Crippen LogP contribution in [0.3, 0.4) is 0 Å². The van der Waals surface area contributed by atoms with Crippen LogP contribution >= 0.6 is 0 Å². The Kier molecular flexibility index (Phi) is 4.08. The first-order chi connectivity index (χ1) is 11.2. The van der Waals surface area contributed by atoms with Gasteiger partial charge < -0.3 is 14.6 Å². The van der Waals surface area contributed by atoms with Gasteiger partial charge in [0.05, 0.1) is 6.54 Å². The maximum absolute atomic E-state index is 12.7. The van der Waals surface area contributed by atoms with E-state index in [0.29, 0.717) is 24.5 Å². The monoisotopic (exact) mass is 316 g/mol. The Hall–Kier alpha value is -1.45. The molecular formula is C19H28N2O2. The van der Waals surface area contributed by atoms with E-state index in [2.05, 4.69) is 24.4 Å². The minimum absolute atomic E-state index is 0.108. The summed E-state index contributed by atoms with van der Waals surface area (Å²) in [5.74, 6) is 3.40. The van der Waals surface area contributed by atoms with E-state index in [0.717, 1.165) is 43.1 Å². The van der Waals surface area contributed by atoms with E-state index in [1.807, 2.05) is 4.90 Å². The van der Waals surface area contributed by atoms with Crippen LogP contribution in [0.2, 0.25) is 0 Å². The number of nitrogens with zero attached hydrogens (tertiary/aromatic N) is 1. The van der Waals surface area contributed by atoms with Gasteiger partial charge >= 0.3 is 6.03 Å². The van der Waals surface area contributed by atoms with E-state index in [4.69, 9.17) is 4.42 Å². The SMILES string of the molecule is C[C@@H]1C[C@H]1c1ccc(CN(C(=O)NC2CCCCC2)C2CC2)o1. The van der Waals surface area contributed by atoms with Gasteiger partial charge in [-0.05, 0) is 50.2 Å². The van der Waals surface area contributed by atoms with E-state index in [1.54, 1.807) is 0 Å². The fourth-order valence-corrected chi connectivity index (χ4v) is 3.82. The molecule has 4 heteroatoms. The van der Waals surface area contributed by atoms with Crippen molar-refractivity contribution in [3.63, 3.8) is 0 Å². The molecule has 0 aromatic carbocycles. The van der Waals surface area contributed by atoms with Crippen molar-refractivity contribution in [2.24, 2.45) is 5.92 Å². The number of rotatable bonds is 5. The largest absolute Gasteiger partial charge is 0.464 e. The predicted octanol–water partition coefficient (Wildman–Crippen LogP) is 4.41. The van der Waals surface area contributed by atoms with Crippen LogP contribution in [0.1, 0.15) is 75.7 Å². The summed E-state index contributed by atoms with van der Waals surface area (Å²) in [6.07, 6.45) is 9.57. The van der Waals surface area contributed by atoms with Crippen LogP contribution < -0.4 is 5.32 Å². The Morgan fingerprint density at radius 3 is 2.61 bits per heavy atom. The summed E-state index contributed by atoms with van der Waals surface area (Å²) in [7, 11) is 0. The second-order valence-electron chi connectivity index (χ2n) is 7.77. The Morgan fingerprint density at radius 2 is 1.96 bits per heavy atom. The zero-order valence-corrected chi connectivity index (χ0v) is 14.1. The number of hydrogen-bond acceptors (Lipinski definition) is 2. The van der Waals surface area contributed by atoms with Crippen LogP contribution in [0.25, 0.3) is 0 Å². The molecule has 3 saturated carbocycles. The average molecular weight is 316 g/mol. The van der Waals surface area contributed by atoms with Crippen LogP contribution in [0.5, 0.6) is 0 Å². The normalized spacial score (nSPS) is 27.7. The molecule has 1 N–H and O–H groups in total. The second-order valence-corrected chi connectivity index (χ2v) is 7.77. The molecule has 0 spiro atoms. The number of amides is 2. The minimum Gasteiger partial charge on any atom is -0.464 e. The van der Waals surface area contributed by atoms with Gasteiger partial charge in [0.1, 0.15) is 11.5 Å². The molecule has 0 bridgehead atoms. The van der Waals surface area contributed by atoms with Gasteiger partial charge in [-0.25, -0.2) is 4.79 Å². The number of hydrogen-bond donors (Lipinski definition) is 1. The topological polar surface area (TPSA) is 45.5 Å². The summed E-state index contributed by atoms with van der Waals surface area (Å²) >= 11 is 0. The average Bonchev–Trinajstić information content (AvgIpc) is 3.47. The summed E-state index contributed by atoms with van der Waals surface area (Å²) in [5.41, 5.74) is 0. The van der Waals surface area contributed by atoms with Crippen LogP contribution in [0, 0.1) is 5.92 Å². The molecule has 1 aromatic heterocycles. The summed E-state index contributed by atoms with van der Waals surface area (Å²) in [6, 6.07) is 5.05. The number of urea groups is 1. The standard InChI is InChI=1S/C19H28N2O2/c1-13-11-17(13)18-10-9-16(23-18)12-21(15-7-8-15)19(22)20-14-5-3-2-4-6-14/h9-10,13-15,17H,2-8,11-12H2,1H3,(H,20,22)/t13-,17-/m1/s1. The first kappa shape index (κ1) is 15.1. The summed E-state index contributed by atoms with van der Waals surface area (Å²) in [5, 5.41) is 3.25. The molecule has 126 valence electrons. The van der Waals surface area contributed by atoms with Crippen molar-refractivity contribution in [2.45, 2.75) is 82.8 Å². The zero-order valence-electron chi connectivity index (χ0n) is 14.1. The Bertz CT molecular complexity index is 557. The maximum atomic E-state index is 12.7. The lowest BCUT2D eigenvalue weighted by Crippen LogP contribution is -2.46. The third-order valence-corrected chi connectivity index (χ3v) is 5.66. The smallest absolute Gasteiger partial charge is 0.318 e. The van der Waals surface area contributed by atoms with Crippen molar-refractivity contribution < 1.29 is 9.21 Å². The quantitative estimate of drug-likeness (QED) is 0.874. The third-order valence-electron chi connectivity index (χ3n) is 5.66. The highest BCUT2D eigenvalue weighted by molar-refractivity contribution is 5.75. The Labute approximate surface area is 138 Å². The number of nitrogens with one attached hydrogen (secondary N) is 1. The van der Waals surface area contributed by atoms with Crippen molar-refractivity contribution >= 4 is 6.03 Å². The van der Waals surface area contributed by atoms with Crippen molar-refractivity contribution in [2.75, 3.05) is 0 Å². The molecule has 4 nitrogen and oxygen atoms in total. The molecule has 3 aliphatic rings. The van der Waals surface area contributed by atoms with Crippen LogP contribution in [-0.4, -0.2) is 23.0 Å². The van der Waals surface area contributed by atoms with Gasteiger partial charge in [-0.1, -0.05) is 26.2 Å². The van der Waals surface area contributed by atoms with E-state index in [-0.39, 0.29) is 6.03 Å². The number of furan rings is 1. The molecule has 3 aliphatic carbocycles. The van der Waals surface area contributed by atoms with Crippen LogP contribution in [-0.2, 0) is 6.54 Å². The number of carbonyl (C=O) groups is 1. The van der Waals surface area contributed by atoms with Gasteiger partial charge in [-0.3, -0.25) is 0 Å². The Morgan fingerprint density at radius 1 is 1.22 bits per heavy atom. The molecule has 1 aromatic rings. The molecule has 4 rings (SSSR count). The molecule has 23 heavy (non-hydrogen) atoms. The highest BCUT2D eigenvalue weighted by atomic mass is 16.3. The maximum Gasteiger partial charge on any atom is 0.318 e. The summed E-state index contributed by atoms with van der Waals surface area (Å²) < 4.78 is 6.00. The lowest BCUT2D eigenvalue weighted by Gasteiger charge is -2.28. The van der Waals surface area contributed by atoms with E-state index in [1.165, 1.54) is 25.7 Å². The van der Waals surface area contributed by atoms with Gasteiger partial charge in [0.15, 0.2) is 0 Å². The molecule has 2 atom stereocenters. The van der Waals surface area contributed by atoms with Gasteiger partial charge in [0.25, 0.3) is 0 Å². The van der Waals surface area contributed by atoms with Crippen molar-refractivity contribution in [1.82, 2.24) is 10.2 Å². The second kappa shape index (κ2) is 6.21. The molecule has 2 amide bonds. The van der Waals surface area contributed by atoms with Gasteiger partial charge in [0.2, 0.25) is 0 Å². The fraction of sp³-hybridized carbons (Fsp3) is 0.737. The molecular weight excluding hydrogens is 288 g/mol. The van der Waals surface area contributed by atoms with Crippen molar-refractivity contribution in [3.05, 3.63) is 23.7 Å².